The molecule has 0 fully saturated rings. The molecule has 0 unspecified atom stereocenters. The summed E-state index contributed by atoms with van der Waals surface area (Å²) >= 11 is 9.25. The molecule has 0 atom stereocenters. The van der Waals surface area contributed by atoms with Crippen LogP contribution in [-0.2, 0) is 4.74 Å². The van der Waals surface area contributed by atoms with Crippen LogP contribution >= 0.6 is 27.5 Å². The number of hydrogen-bond donors (Lipinski definition) is 0. The second-order valence-electron chi connectivity index (χ2n) is 3.58. The monoisotopic (exact) mass is 329 g/mol. The van der Waals surface area contributed by atoms with Crippen molar-refractivity contribution in [2.24, 2.45) is 0 Å². The van der Waals surface area contributed by atoms with Crippen molar-refractivity contribution in [3.05, 3.63) is 39.0 Å². The van der Waals surface area contributed by atoms with Crippen molar-refractivity contribution in [2.45, 2.75) is 6.92 Å². The molecule has 0 radical (unpaired) electrons. The molecule has 94 valence electrons. The fourth-order valence-corrected chi connectivity index (χ4v) is 2.45. The molecule has 2 aromatic rings. The highest BCUT2D eigenvalue weighted by molar-refractivity contribution is 9.10. The molecule has 0 aliphatic heterocycles. The van der Waals surface area contributed by atoms with Gasteiger partial charge in [0, 0.05) is 15.1 Å². The number of carbonyl (C=O) groups excluding carboxylic acids is 1. The summed E-state index contributed by atoms with van der Waals surface area (Å²) in [6.45, 7) is 1.66. The van der Waals surface area contributed by atoms with E-state index in [1.807, 2.05) is 0 Å². The Morgan fingerprint density at radius 1 is 1.50 bits per heavy atom. The number of ether oxygens (including phenoxy) is 1. The number of aromatic nitrogens is 1. The Labute approximate surface area is 117 Å². The molecule has 1 aromatic heterocycles. The van der Waals surface area contributed by atoms with Crippen LogP contribution in [0.25, 0.3) is 11.3 Å². The minimum absolute atomic E-state index is 0.320. The van der Waals surface area contributed by atoms with Crippen molar-refractivity contribution in [1.82, 2.24) is 5.16 Å². The zero-order chi connectivity index (χ0) is 13.3. The molecule has 0 N–H and O–H groups in total. The SMILES string of the molecule is COC(=O)c1c(-c2ccc(Cl)cc2Br)noc1C. The van der Waals surface area contributed by atoms with Gasteiger partial charge in [0.25, 0.3) is 0 Å². The first kappa shape index (κ1) is 13.1. The summed E-state index contributed by atoms with van der Waals surface area (Å²) in [4.78, 5) is 11.7. The molecule has 2 rings (SSSR count). The Morgan fingerprint density at radius 2 is 2.22 bits per heavy atom. The lowest BCUT2D eigenvalue weighted by Crippen LogP contribution is -2.03. The molecule has 4 nitrogen and oxygen atoms in total. The van der Waals surface area contributed by atoms with Crippen molar-refractivity contribution in [2.75, 3.05) is 7.11 Å². The molecule has 1 aromatic carbocycles. The molecular formula is C12H9BrClNO3. The van der Waals surface area contributed by atoms with Crippen LogP contribution in [0.2, 0.25) is 5.02 Å². The number of aryl methyl sites for hydroxylation is 1. The third-order valence-electron chi connectivity index (χ3n) is 2.44. The quantitative estimate of drug-likeness (QED) is 0.785. The van der Waals surface area contributed by atoms with Crippen LogP contribution in [0.3, 0.4) is 0 Å². The van der Waals surface area contributed by atoms with Gasteiger partial charge < -0.3 is 9.26 Å². The molecule has 0 aliphatic carbocycles. The van der Waals surface area contributed by atoms with Crippen LogP contribution in [0, 0.1) is 6.92 Å². The van der Waals surface area contributed by atoms with Crippen LogP contribution in [0.5, 0.6) is 0 Å². The predicted molar refractivity (Wildman–Crippen MR) is 70.7 cm³/mol. The summed E-state index contributed by atoms with van der Waals surface area (Å²) in [6, 6.07) is 5.20. The van der Waals surface area contributed by atoms with Crippen LogP contribution < -0.4 is 0 Å². The number of benzene rings is 1. The summed E-state index contributed by atoms with van der Waals surface area (Å²) in [5.41, 5.74) is 1.47. The highest BCUT2D eigenvalue weighted by atomic mass is 79.9. The van der Waals surface area contributed by atoms with Crippen LogP contribution in [0.1, 0.15) is 16.1 Å². The van der Waals surface area contributed by atoms with Gasteiger partial charge in [0.15, 0.2) is 0 Å². The lowest BCUT2D eigenvalue weighted by Gasteiger charge is -2.03. The van der Waals surface area contributed by atoms with Gasteiger partial charge >= 0.3 is 5.97 Å². The van der Waals surface area contributed by atoms with Crippen LogP contribution in [0.15, 0.2) is 27.2 Å². The second-order valence-corrected chi connectivity index (χ2v) is 4.87. The highest BCUT2D eigenvalue weighted by Crippen LogP contribution is 2.33. The number of carbonyl (C=O) groups is 1. The van der Waals surface area contributed by atoms with Gasteiger partial charge in [0.1, 0.15) is 17.0 Å². The van der Waals surface area contributed by atoms with Gasteiger partial charge in [0.2, 0.25) is 0 Å². The molecule has 0 spiro atoms. The number of esters is 1. The Bertz CT molecular complexity index is 609. The lowest BCUT2D eigenvalue weighted by atomic mass is 10.1. The molecule has 0 aliphatic rings. The molecule has 0 amide bonds. The van der Waals surface area contributed by atoms with Gasteiger partial charge in [-0.25, -0.2) is 4.79 Å². The summed E-state index contributed by atoms with van der Waals surface area (Å²) in [6.07, 6.45) is 0. The third kappa shape index (κ3) is 2.28. The molecular weight excluding hydrogens is 321 g/mol. The minimum atomic E-state index is -0.481. The standard InChI is InChI=1S/C12H9BrClNO3/c1-6-10(12(16)17-2)11(15-18-6)8-4-3-7(14)5-9(8)13/h3-5H,1-2H3. The van der Waals surface area contributed by atoms with E-state index in [1.165, 1.54) is 7.11 Å². The molecule has 6 heteroatoms. The first-order chi connectivity index (χ1) is 8.54. The van der Waals surface area contributed by atoms with E-state index < -0.39 is 5.97 Å². The average molecular weight is 331 g/mol. The number of rotatable bonds is 2. The molecule has 0 bridgehead atoms. The topological polar surface area (TPSA) is 52.3 Å². The third-order valence-corrected chi connectivity index (χ3v) is 3.33. The maximum atomic E-state index is 11.7. The second kappa shape index (κ2) is 5.12. The maximum absolute atomic E-state index is 11.7. The molecule has 0 saturated heterocycles. The Hall–Kier alpha value is -1.33. The van der Waals surface area contributed by atoms with E-state index in [9.17, 15) is 4.79 Å². The van der Waals surface area contributed by atoms with Gasteiger partial charge in [-0.15, -0.1) is 0 Å². The number of halogens is 2. The van der Waals surface area contributed by atoms with E-state index in [-0.39, 0.29) is 0 Å². The van der Waals surface area contributed by atoms with Crippen molar-refractivity contribution >= 4 is 33.5 Å². The van der Waals surface area contributed by atoms with Gasteiger partial charge in [-0.05, 0) is 19.1 Å². The zero-order valence-electron chi connectivity index (χ0n) is 9.66. The highest BCUT2D eigenvalue weighted by Gasteiger charge is 2.23. The summed E-state index contributed by atoms with van der Waals surface area (Å²) in [5, 5.41) is 4.48. The van der Waals surface area contributed by atoms with Crippen molar-refractivity contribution in [1.29, 1.82) is 0 Å². The fraction of sp³-hybridized carbons (Fsp3) is 0.167. The van der Waals surface area contributed by atoms with Gasteiger partial charge in [-0.1, -0.05) is 38.8 Å². The lowest BCUT2D eigenvalue weighted by molar-refractivity contribution is 0.0599. The summed E-state index contributed by atoms with van der Waals surface area (Å²) in [5.74, 6) is -0.0655. The Kier molecular flexibility index (Phi) is 3.73. The number of methoxy groups -OCH3 is 1. The van der Waals surface area contributed by atoms with Gasteiger partial charge in [0.05, 0.1) is 7.11 Å². The van der Waals surface area contributed by atoms with Crippen LogP contribution in [-0.4, -0.2) is 18.2 Å². The molecule has 0 saturated carbocycles. The first-order valence-corrected chi connectivity index (χ1v) is 6.21. The fourth-order valence-electron chi connectivity index (χ4n) is 1.58. The van der Waals surface area contributed by atoms with E-state index in [1.54, 1.807) is 25.1 Å². The minimum Gasteiger partial charge on any atom is -0.465 e. The van der Waals surface area contributed by atoms with Crippen LogP contribution in [0.4, 0.5) is 0 Å². The van der Waals surface area contributed by atoms with Crippen molar-refractivity contribution in [3.63, 3.8) is 0 Å². The van der Waals surface area contributed by atoms with Crippen molar-refractivity contribution < 1.29 is 14.1 Å². The first-order valence-electron chi connectivity index (χ1n) is 5.04. The van der Waals surface area contributed by atoms with E-state index in [0.717, 1.165) is 10.0 Å². The molecule has 18 heavy (non-hydrogen) atoms. The number of hydrogen-bond acceptors (Lipinski definition) is 4. The number of nitrogens with zero attached hydrogens (tertiary/aromatic N) is 1. The smallest absolute Gasteiger partial charge is 0.343 e. The zero-order valence-corrected chi connectivity index (χ0v) is 12.0. The van der Waals surface area contributed by atoms with Gasteiger partial charge in [-0.3, -0.25) is 0 Å². The average Bonchev–Trinajstić information content (AvgIpc) is 2.70. The Morgan fingerprint density at radius 3 is 2.83 bits per heavy atom. The normalized spacial score (nSPS) is 10.4. The maximum Gasteiger partial charge on any atom is 0.343 e. The largest absolute Gasteiger partial charge is 0.465 e. The van der Waals surface area contributed by atoms with E-state index in [4.69, 9.17) is 20.9 Å². The summed E-state index contributed by atoms with van der Waals surface area (Å²) in [7, 11) is 1.31. The predicted octanol–water partition coefficient (Wildman–Crippen LogP) is 3.85. The van der Waals surface area contributed by atoms with E-state index >= 15 is 0 Å². The van der Waals surface area contributed by atoms with Gasteiger partial charge in [-0.2, -0.15) is 0 Å². The van der Waals surface area contributed by atoms with E-state index in [2.05, 4.69) is 21.1 Å². The summed E-state index contributed by atoms with van der Waals surface area (Å²) < 4.78 is 10.5. The van der Waals surface area contributed by atoms with E-state index in [0.29, 0.717) is 22.0 Å². The molecule has 1 heterocycles. The van der Waals surface area contributed by atoms with Crippen molar-refractivity contribution in [3.8, 4) is 11.3 Å². The Balaban J connectivity index is 2.61.